The topological polar surface area (TPSA) is 74.8 Å². The van der Waals surface area contributed by atoms with Crippen LogP contribution in [0.25, 0.3) is 0 Å². The Hall–Kier alpha value is -3.00. The molecule has 0 spiro atoms. The molecular weight excluding hydrogens is 484 g/mol. The van der Waals surface area contributed by atoms with Gasteiger partial charge in [-0.25, -0.2) is 13.3 Å². The molecular formula is C27H27ClN2O4S. The molecule has 1 aliphatic heterocycles. The summed E-state index contributed by atoms with van der Waals surface area (Å²) in [6.07, 6.45) is -0.250. The third-order valence-corrected chi connectivity index (χ3v) is 8.44. The highest BCUT2D eigenvalue weighted by Gasteiger charge is 2.47. The lowest BCUT2D eigenvalue weighted by Crippen LogP contribution is -2.45. The third-order valence-electron chi connectivity index (χ3n) is 6.20. The van der Waals surface area contributed by atoms with Crippen molar-refractivity contribution < 1.29 is 18.0 Å². The molecule has 1 atom stereocenters. The zero-order valence-electron chi connectivity index (χ0n) is 19.8. The smallest absolute Gasteiger partial charge is 0.252 e. The molecule has 3 aromatic rings. The zero-order valence-corrected chi connectivity index (χ0v) is 21.4. The minimum Gasteiger partial charge on any atom is -0.274 e. The molecule has 0 aromatic heterocycles. The number of nitrogens with zero attached hydrogens (tertiary/aromatic N) is 2. The first-order chi connectivity index (χ1) is 16.6. The number of carbonyl (C=O) groups excluding carboxylic acids is 2. The summed E-state index contributed by atoms with van der Waals surface area (Å²) in [5.74, 6) is -0.719. The molecule has 3 aromatic carbocycles. The first kappa shape index (κ1) is 25.1. The number of sulfonamides is 1. The van der Waals surface area contributed by atoms with Crippen LogP contribution < -0.4 is 4.90 Å². The van der Waals surface area contributed by atoms with Crippen LogP contribution in [-0.2, 0) is 26.2 Å². The summed E-state index contributed by atoms with van der Waals surface area (Å²) in [7, 11) is -4.12. The maximum absolute atomic E-state index is 13.8. The van der Waals surface area contributed by atoms with Crippen molar-refractivity contribution in [2.45, 2.75) is 50.6 Å². The maximum Gasteiger partial charge on any atom is 0.252 e. The molecule has 2 amide bonds. The van der Waals surface area contributed by atoms with Gasteiger partial charge in [-0.05, 0) is 54.3 Å². The van der Waals surface area contributed by atoms with Crippen molar-refractivity contribution in [3.05, 3.63) is 94.5 Å². The van der Waals surface area contributed by atoms with Crippen LogP contribution in [0.5, 0.6) is 0 Å². The predicted molar refractivity (Wildman–Crippen MR) is 137 cm³/mol. The van der Waals surface area contributed by atoms with E-state index in [0.717, 1.165) is 20.3 Å². The van der Waals surface area contributed by atoms with E-state index in [0.29, 0.717) is 22.2 Å². The monoisotopic (exact) mass is 510 g/mol. The van der Waals surface area contributed by atoms with Gasteiger partial charge in [0.25, 0.3) is 5.91 Å². The number of hydrogen-bond donors (Lipinski definition) is 0. The van der Waals surface area contributed by atoms with Crippen molar-refractivity contribution in [2.75, 3.05) is 4.90 Å². The lowest BCUT2D eigenvalue weighted by atomic mass is 10.0. The van der Waals surface area contributed by atoms with E-state index in [1.54, 1.807) is 48.5 Å². The largest absolute Gasteiger partial charge is 0.274 e. The van der Waals surface area contributed by atoms with Crippen LogP contribution >= 0.6 is 11.6 Å². The second-order valence-corrected chi connectivity index (χ2v) is 11.3. The summed E-state index contributed by atoms with van der Waals surface area (Å²) in [6.45, 7) is 5.83. The molecule has 1 fully saturated rings. The van der Waals surface area contributed by atoms with E-state index < -0.39 is 27.9 Å². The highest BCUT2D eigenvalue weighted by atomic mass is 35.5. The van der Waals surface area contributed by atoms with Gasteiger partial charge in [0.1, 0.15) is 6.04 Å². The SMILES string of the molecule is Cc1ccc(S(=O)(=O)N(Cc2ccccc2Cl)C2CC(=O)N(c3ccc(C(C)C)cc3)C2=O)cc1. The highest BCUT2D eigenvalue weighted by molar-refractivity contribution is 7.89. The number of benzene rings is 3. The number of amides is 2. The minimum absolute atomic E-state index is 0.0511. The predicted octanol–water partition coefficient (Wildman–Crippen LogP) is 5.29. The Morgan fingerprint density at radius 1 is 0.971 bits per heavy atom. The quantitative estimate of drug-likeness (QED) is 0.404. The van der Waals surface area contributed by atoms with Gasteiger partial charge < -0.3 is 0 Å². The normalized spacial score (nSPS) is 16.5. The van der Waals surface area contributed by atoms with Gasteiger partial charge in [-0.2, -0.15) is 4.31 Å². The van der Waals surface area contributed by atoms with Gasteiger partial charge in [-0.3, -0.25) is 9.59 Å². The molecule has 0 saturated carbocycles. The second kappa shape index (κ2) is 9.93. The number of imide groups is 1. The van der Waals surface area contributed by atoms with E-state index in [2.05, 4.69) is 13.8 Å². The number of rotatable bonds is 7. The fraction of sp³-hybridized carbons (Fsp3) is 0.259. The van der Waals surface area contributed by atoms with Crippen LogP contribution in [0.3, 0.4) is 0 Å². The molecule has 8 heteroatoms. The van der Waals surface area contributed by atoms with Crippen molar-refractivity contribution in [3.8, 4) is 0 Å². The van der Waals surface area contributed by atoms with Crippen LogP contribution in [0.2, 0.25) is 5.02 Å². The molecule has 1 heterocycles. The van der Waals surface area contributed by atoms with Crippen LogP contribution in [0, 0.1) is 6.92 Å². The molecule has 0 radical (unpaired) electrons. The number of hydrogen-bond acceptors (Lipinski definition) is 4. The van der Waals surface area contributed by atoms with Gasteiger partial charge in [0.15, 0.2) is 0 Å². The Balaban J connectivity index is 1.74. The number of halogens is 1. The maximum atomic E-state index is 13.8. The van der Waals surface area contributed by atoms with Gasteiger partial charge in [0.2, 0.25) is 15.9 Å². The summed E-state index contributed by atoms with van der Waals surface area (Å²) in [5, 5.41) is 0.384. The summed E-state index contributed by atoms with van der Waals surface area (Å²) in [5.41, 5.74) is 2.96. The van der Waals surface area contributed by atoms with Gasteiger partial charge in [-0.1, -0.05) is 73.5 Å². The summed E-state index contributed by atoms with van der Waals surface area (Å²) in [6, 6.07) is 19.3. The van der Waals surface area contributed by atoms with E-state index in [4.69, 9.17) is 11.6 Å². The van der Waals surface area contributed by atoms with Crippen LogP contribution in [0.4, 0.5) is 5.69 Å². The van der Waals surface area contributed by atoms with Gasteiger partial charge >= 0.3 is 0 Å². The first-order valence-electron chi connectivity index (χ1n) is 11.4. The first-order valence-corrected chi connectivity index (χ1v) is 13.2. The highest BCUT2D eigenvalue weighted by Crippen LogP contribution is 2.32. The Kier molecular flexibility index (Phi) is 7.12. The summed E-state index contributed by atoms with van der Waals surface area (Å²) < 4.78 is 28.6. The van der Waals surface area contributed by atoms with E-state index in [9.17, 15) is 18.0 Å². The van der Waals surface area contributed by atoms with Crippen LogP contribution in [0.1, 0.15) is 42.9 Å². The lowest BCUT2D eigenvalue weighted by molar-refractivity contribution is -0.122. The van der Waals surface area contributed by atoms with E-state index in [-0.39, 0.29) is 17.9 Å². The molecule has 182 valence electrons. The standard InChI is InChI=1S/C27H27ClN2O4S/c1-18(2)20-10-12-22(13-11-20)30-26(31)16-25(27(30)32)29(17-21-6-4-5-7-24(21)28)35(33,34)23-14-8-19(3)9-15-23/h4-15,18,25H,16-17H2,1-3H3. The molecule has 1 unspecified atom stereocenters. The van der Waals surface area contributed by atoms with Crippen molar-refractivity contribution >= 4 is 39.1 Å². The zero-order chi connectivity index (χ0) is 25.3. The van der Waals surface area contributed by atoms with Crippen molar-refractivity contribution in [2.24, 2.45) is 0 Å². The summed E-state index contributed by atoms with van der Waals surface area (Å²) in [4.78, 5) is 27.7. The van der Waals surface area contributed by atoms with Crippen LogP contribution in [-0.4, -0.2) is 30.6 Å². The molecule has 35 heavy (non-hydrogen) atoms. The minimum atomic E-state index is -4.12. The Labute approximate surface area is 211 Å². The number of aryl methyl sites for hydroxylation is 1. The van der Waals surface area contributed by atoms with Crippen molar-refractivity contribution in [1.29, 1.82) is 0 Å². The lowest BCUT2D eigenvalue weighted by Gasteiger charge is -2.27. The molecule has 1 saturated heterocycles. The summed E-state index contributed by atoms with van der Waals surface area (Å²) >= 11 is 6.34. The second-order valence-electron chi connectivity index (χ2n) is 8.99. The molecule has 0 N–H and O–H groups in total. The van der Waals surface area contributed by atoms with Gasteiger partial charge in [0, 0.05) is 11.6 Å². The van der Waals surface area contributed by atoms with Crippen molar-refractivity contribution in [3.63, 3.8) is 0 Å². The fourth-order valence-electron chi connectivity index (χ4n) is 4.12. The van der Waals surface area contributed by atoms with Gasteiger partial charge in [-0.15, -0.1) is 0 Å². The average Bonchev–Trinajstić information content (AvgIpc) is 3.12. The molecule has 4 rings (SSSR count). The fourth-order valence-corrected chi connectivity index (χ4v) is 5.88. The third kappa shape index (κ3) is 5.03. The Morgan fingerprint density at radius 2 is 1.60 bits per heavy atom. The molecule has 1 aliphatic rings. The number of carbonyl (C=O) groups is 2. The van der Waals surface area contributed by atoms with Gasteiger partial charge in [0.05, 0.1) is 17.0 Å². The average molecular weight is 511 g/mol. The van der Waals surface area contributed by atoms with E-state index in [1.165, 1.54) is 12.1 Å². The van der Waals surface area contributed by atoms with E-state index >= 15 is 0 Å². The Morgan fingerprint density at radius 3 is 2.20 bits per heavy atom. The molecule has 6 nitrogen and oxygen atoms in total. The molecule has 0 bridgehead atoms. The number of anilines is 1. The van der Waals surface area contributed by atoms with Crippen molar-refractivity contribution in [1.82, 2.24) is 4.31 Å². The van der Waals surface area contributed by atoms with E-state index in [1.807, 2.05) is 19.1 Å². The molecule has 0 aliphatic carbocycles. The van der Waals surface area contributed by atoms with Crippen LogP contribution in [0.15, 0.2) is 77.7 Å². The Bertz CT molecular complexity index is 1350.